The van der Waals surface area contributed by atoms with Crippen molar-refractivity contribution in [3.63, 3.8) is 0 Å². The molecule has 0 bridgehead atoms. The zero-order valence-corrected chi connectivity index (χ0v) is 13.1. The number of amides is 1. The third-order valence-corrected chi connectivity index (χ3v) is 5.19. The van der Waals surface area contributed by atoms with E-state index in [2.05, 4.69) is 23.8 Å². The molecule has 1 aliphatic carbocycles. The fraction of sp³-hybridized carbons (Fsp3) is 0.412. The van der Waals surface area contributed by atoms with Crippen LogP contribution >= 0.6 is 11.3 Å². The summed E-state index contributed by atoms with van der Waals surface area (Å²) in [6.07, 6.45) is 5.00. The third-order valence-electron chi connectivity index (χ3n) is 4.03. The Hall–Kier alpha value is -1.68. The van der Waals surface area contributed by atoms with Crippen LogP contribution < -0.4 is 5.32 Å². The first-order chi connectivity index (χ1) is 10.2. The van der Waals surface area contributed by atoms with Gasteiger partial charge in [-0.05, 0) is 50.3 Å². The average molecular weight is 300 g/mol. The van der Waals surface area contributed by atoms with Crippen molar-refractivity contribution >= 4 is 27.5 Å². The van der Waals surface area contributed by atoms with E-state index in [0.29, 0.717) is 0 Å². The molecule has 1 amide bonds. The Morgan fingerprint density at radius 3 is 2.90 bits per heavy atom. The van der Waals surface area contributed by atoms with Crippen molar-refractivity contribution in [3.8, 4) is 0 Å². The number of nitrogens with one attached hydrogen (secondary N) is 1. The Labute approximate surface area is 129 Å². The van der Waals surface area contributed by atoms with E-state index in [9.17, 15) is 4.79 Å². The van der Waals surface area contributed by atoms with Gasteiger partial charge in [-0.1, -0.05) is 19.1 Å². The highest BCUT2D eigenvalue weighted by atomic mass is 32.1. The van der Waals surface area contributed by atoms with Gasteiger partial charge in [0.15, 0.2) is 0 Å². The fourth-order valence-corrected chi connectivity index (χ4v) is 3.65. The molecule has 1 aliphatic rings. The smallest absolute Gasteiger partial charge is 0.251 e. The minimum Gasteiger partial charge on any atom is -0.349 e. The summed E-state index contributed by atoms with van der Waals surface area (Å²) in [7, 11) is 0. The highest BCUT2D eigenvalue weighted by molar-refractivity contribution is 7.18. The highest BCUT2D eigenvalue weighted by Crippen LogP contribution is 2.25. The van der Waals surface area contributed by atoms with E-state index in [0.717, 1.165) is 52.9 Å². The molecule has 1 aromatic heterocycles. The summed E-state index contributed by atoms with van der Waals surface area (Å²) in [4.78, 5) is 16.9. The number of carbonyl (C=O) groups excluding carboxylic acids is 1. The van der Waals surface area contributed by atoms with Gasteiger partial charge >= 0.3 is 0 Å². The van der Waals surface area contributed by atoms with Crippen LogP contribution in [0, 0.1) is 0 Å². The molecule has 0 unspecified atom stereocenters. The highest BCUT2D eigenvalue weighted by Gasteiger charge is 2.18. The summed E-state index contributed by atoms with van der Waals surface area (Å²) in [5.41, 5.74) is 3.03. The lowest BCUT2D eigenvalue weighted by molar-refractivity contribution is 0.0930. The Balaban J connectivity index is 1.73. The van der Waals surface area contributed by atoms with Crippen LogP contribution in [-0.4, -0.2) is 16.9 Å². The average Bonchev–Trinajstić information content (AvgIpc) is 2.91. The van der Waals surface area contributed by atoms with Crippen molar-refractivity contribution in [2.75, 3.05) is 0 Å². The Morgan fingerprint density at radius 1 is 1.43 bits per heavy atom. The number of nitrogens with zero attached hydrogens (tertiary/aromatic N) is 1. The normalized spacial score (nSPS) is 16.3. The summed E-state index contributed by atoms with van der Waals surface area (Å²) >= 11 is 1.67. The minimum atomic E-state index is 0.0286. The van der Waals surface area contributed by atoms with Crippen molar-refractivity contribution in [3.05, 3.63) is 40.9 Å². The van der Waals surface area contributed by atoms with E-state index >= 15 is 0 Å². The molecule has 0 aliphatic heterocycles. The molecule has 1 N–H and O–H groups in total. The molecule has 21 heavy (non-hydrogen) atoms. The van der Waals surface area contributed by atoms with Crippen LogP contribution in [0.25, 0.3) is 10.2 Å². The SMILES string of the molecule is C=C1CCC(NC(=O)c2ccc3nc(CC)sc3c2)CC1. The number of thiazole rings is 1. The van der Waals surface area contributed by atoms with Gasteiger partial charge in [-0.3, -0.25) is 4.79 Å². The van der Waals surface area contributed by atoms with Gasteiger partial charge < -0.3 is 5.32 Å². The van der Waals surface area contributed by atoms with Gasteiger partial charge in [-0.15, -0.1) is 11.3 Å². The summed E-state index contributed by atoms with van der Waals surface area (Å²) in [5.74, 6) is 0.0286. The van der Waals surface area contributed by atoms with Crippen LogP contribution in [0.4, 0.5) is 0 Å². The Bertz CT molecular complexity index is 679. The van der Waals surface area contributed by atoms with Gasteiger partial charge in [0.25, 0.3) is 5.91 Å². The quantitative estimate of drug-likeness (QED) is 0.868. The van der Waals surface area contributed by atoms with Crippen molar-refractivity contribution in [2.45, 2.75) is 45.1 Å². The van der Waals surface area contributed by atoms with E-state index in [1.807, 2.05) is 18.2 Å². The van der Waals surface area contributed by atoms with Crippen LogP contribution in [0.3, 0.4) is 0 Å². The number of carbonyl (C=O) groups is 1. The van der Waals surface area contributed by atoms with Gasteiger partial charge in [-0.25, -0.2) is 4.98 Å². The zero-order chi connectivity index (χ0) is 14.8. The van der Waals surface area contributed by atoms with Crippen LogP contribution in [0.5, 0.6) is 0 Å². The molecule has 110 valence electrons. The second kappa shape index (κ2) is 5.98. The van der Waals surface area contributed by atoms with Gasteiger partial charge in [0.05, 0.1) is 15.2 Å². The number of benzene rings is 1. The van der Waals surface area contributed by atoms with Crippen molar-refractivity contribution in [2.24, 2.45) is 0 Å². The Morgan fingerprint density at radius 2 is 2.19 bits per heavy atom. The first-order valence-corrected chi connectivity index (χ1v) is 8.34. The summed E-state index contributed by atoms with van der Waals surface area (Å²) in [6, 6.07) is 6.07. The van der Waals surface area contributed by atoms with Crippen LogP contribution in [0.2, 0.25) is 0 Å². The van der Waals surface area contributed by atoms with E-state index in [1.54, 1.807) is 11.3 Å². The summed E-state index contributed by atoms with van der Waals surface area (Å²) in [6.45, 7) is 6.11. The molecule has 2 aromatic rings. The lowest BCUT2D eigenvalue weighted by Crippen LogP contribution is -2.36. The van der Waals surface area contributed by atoms with Crippen LogP contribution in [0.1, 0.15) is 48.0 Å². The lowest BCUT2D eigenvalue weighted by atomic mass is 9.92. The molecule has 3 nitrogen and oxygen atoms in total. The number of fused-ring (bicyclic) bond motifs is 1. The first kappa shape index (κ1) is 14.3. The molecule has 0 saturated heterocycles. The monoisotopic (exact) mass is 300 g/mol. The number of hydrogen-bond acceptors (Lipinski definition) is 3. The number of hydrogen-bond donors (Lipinski definition) is 1. The molecule has 1 fully saturated rings. The van der Waals surface area contributed by atoms with E-state index in [4.69, 9.17) is 0 Å². The second-order valence-corrected chi connectivity index (χ2v) is 6.76. The first-order valence-electron chi connectivity index (χ1n) is 7.52. The van der Waals surface area contributed by atoms with Crippen molar-refractivity contribution in [1.82, 2.24) is 10.3 Å². The van der Waals surface area contributed by atoms with Gasteiger partial charge in [0, 0.05) is 11.6 Å². The lowest BCUT2D eigenvalue weighted by Gasteiger charge is -2.24. The molecule has 0 spiro atoms. The number of allylic oxidation sites excluding steroid dienone is 1. The predicted molar refractivity (Wildman–Crippen MR) is 87.9 cm³/mol. The van der Waals surface area contributed by atoms with Gasteiger partial charge in [0.2, 0.25) is 0 Å². The summed E-state index contributed by atoms with van der Waals surface area (Å²) in [5, 5.41) is 4.26. The van der Waals surface area contributed by atoms with E-state index in [-0.39, 0.29) is 11.9 Å². The number of aromatic nitrogens is 1. The molecule has 1 heterocycles. The maximum absolute atomic E-state index is 12.4. The van der Waals surface area contributed by atoms with E-state index < -0.39 is 0 Å². The largest absolute Gasteiger partial charge is 0.349 e. The fourth-order valence-electron chi connectivity index (χ4n) is 2.70. The molecular weight excluding hydrogens is 280 g/mol. The number of aryl methyl sites for hydroxylation is 1. The van der Waals surface area contributed by atoms with Gasteiger partial charge in [-0.2, -0.15) is 0 Å². The van der Waals surface area contributed by atoms with Crippen molar-refractivity contribution in [1.29, 1.82) is 0 Å². The molecular formula is C17H20N2OS. The molecule has 1 saturated carbocycles. The molecule has 3 rings (SSSR count). The maximum Gasteiger partial charge on any atom is 0.251 e. The van der Waals surface area contributed by atoms with Gasteiger partial charge in [0.1, 0.15) is 0 Å². The standard InChI is InChI=1S/C17H20N2OS/c1-3-16-19-14-9-6-12(10-15(14)21-16)17(20)18-13-7-4-11(2)5-8-13/h6,9-10,13H,2-5,7-8H2,1H3,(H,18,20). The third kappa shape index (κ3) is 3.16. The molecule has 4 heteroatoms. The molecule has 0 atom stereocenters. The maximum atomic E-state index is 12.4. The van der Waals surface area contributed by atoms with Crippen molar-refractivity contribution < 1.29 is 4.79 Å². The summed E-state index contributed by atoms with van der Waals surface area (Å²) < 4.78 is 1.09. The minimum absolute atomic E-state index is 0.0286. The molecule has 1 aromatic carbocycles. The number of rotatable bonds is 3. The topological polar surface area (TPSA) is 42.0 Å². The van der Waals surface area contributed by atoms with Crippen LogP contribution in [0.15, 0.2) is 30.4 Å². The molecule has 0 radical (unpaired) electrons. The second-order valence-electron chi connectivity index (χ2n) is 5.64. The van der Waals surface area contributed by atoms with Crippen LogP contribution in [-0.2, 0) is 6.42 Å². The Kier molecular flexibility index (Phi) is 4.06. The zero-order valence-electron chi connectivity index (χ0n) is 12.3. The predicted octanol–water partition coefficient (Wildman–Crippen LogP) is 4.09. The van der Waals surface area contributed by atoms with E-state index in [1.165, 1.54) is 5.57 Å².